The van der Waals surface area contributed by atoms with Gasteiger partial charge in [0.1, 0.15) is 16.5 Å². The number of sulfonamides is 1. The summed E-state index contributed by atoms with van der Waals surface area (Å²) < 4.78 is 59.8. The lowest BCUT2D eigenvalue weighted by atomic mass is 10.2. The Kier molecular flexibility index (Phi) is 7.14. The molecule has 9 nitrogen and oxygen atoms in total. The number of hydrogen-bond donors (Lipinski definition) is 0. The molecule has 3 aliphatic heterocycles. The predicted molar refractivity (Wildman–Crippen MR) is 127 cm³/mol. The normalized spacial score (nSPS) is 22.6. The second kappa shape index (κ2) is 10.3. The molecule has 4 heterocycles. The number of ether oxygens (including phenoxy) is 1. The zero-order chi connectivity index (χ0) is 24.4. The number of hydrogen-bond acceptors (Lipinski definition) is 8. The van der Waals surface area contributed by atoms with Gasteiger partial charge < -0.3 is 14.5 Å². The fourth-order valence-corrected chi connectivity index (χ4v) is 6.34. The van der Waals surface area contributed by atoms with Gasteiger partial charge in [-0.1, -0.05) is 0 Å². The standard InChI is InChI=1S/C23H30F2N6O3S/c24-18-3-4-21(20(25)16-18)35(32,33)31-13-11-30(12-14-31)23-6-5-22(26-27-23)29-9-7-28(8-10-29)17-19-2-1-15-34-19/h3-6,16,19H,1-2,7-15,17H2. The number of anilines is 2. The SMILES string of the molecule is O=S(=O)(c1ccc(F)cc1F)N1CCN(c2ccc(N3CCN(CC4CCCO4)CC3)nn2)CC1. The summed E-state index contributed by atoms with van der Waals surface area (Å²) in [5.41, 5.74) is 0. The van der Waals surface area contributed by atoms with Crippen molar-refractivity contribution >= 4 is 21.7 Å². The van der Waals surface area contributed by atoms with E-state index in [1.165, 1.54) is 4.31 Å². The molecule has 3 fully saturated rings. The van der Waals surface area contributed by atoms with Gasteiger partial charge in [0.25, 0.3) is 0 Å². The van der Waals surface area contributed by atoms with Gasteiger partial charge in [-0.2, -0.15) is 4.31 Å². The third kappa shape index (κ3) is 5.40. The minimum atomic E-state index is -4.04. The van der Waals surface area contributed by atoms with Crippen LogP contribution in [0.4, 0.5) is 20.4 Å². The molecule has 0 aliphatic carbocycles. The Balaban J connectivity index is 1.14. The summed E-state index contributed by atoms with van der Waals surface area (Å²) in [4.78, 5) is 6.13. The van der Waals surface area contributed by atoms with E-state index in [-0.39, 0.29) is 13.1 Å². The van der Waals surface area contributed by atoms with E-state index in [0.717, 1.165) is 70.1 Å². The van der Waals surface area contributed by atoms with E-state index in [4.69, 9.17) is 4.74 Å². The van der Waals surface area contributed by atoms with Crippen molar-refractivity contribution in [2.45, 2.75) is 23.8 Å². The first-order valence-electron chi connectivity index (χ1n) is 12.0. The summed E-state index contributed by atoms with van der Waals surface area (Å²) in [6.45, 7) is 6.73. The monoisotopic (exact) mass is 508 g/mol. The highest BCUT2D eigenvalue weighted by molar-refractivity contribution is 7.89. The van der Waals surface area contributed by atoms with Crippen LogP contribution >= 0.6 is 0 Å². The molecular weight excluding hydrogens is 478 g/mol. The summed E-state index contributed by atoms with van der Waals surface area (Å²) in [7, 11) is -4.04. The maximum Gasteiger partial charge on any atom is 0.246 e. The molecule has 35 heavy (non-hydrogen) atoms. The molecule has 1 aromatic heterocycles. The summed E-state index contributed by atoms with van der Waals surface area (Å²) in [6.07, 6.45) is 2.67. The number of nitrogens with zero attached hydrogens (tertiary/aromatic N) is 6. The highest BCUT2D eigenvalue weighted by atomic mass is 32.2. The molecule has 2 aromatic rings. The number of halogens is 2. The van der Waals surface area contributed by atoms with Crippen molar-refractivity contribution in [3.05, 3.63) is 42.0 Å². The second-order valence-corrected chi connectivity index (χ2v) is 11.0. The Hall–Kier alpha value is -2.41. The van der Waals surface area contributed by atoms with E-state index in [0.29, 0.717) is 31.1 Å². The third-order valence-electron chi connectivity index (χ3n) is 6.89. The van der Waals surface area contributed by atoms with E-state index >= 15 is 0 Å². The fraction of sp³-hybridized carbons (Fsp3) is 0.565. The average Bonchev–Trinajstić information content (AvgIpc) is 3.38. The Morgan fingerprint density at radius 1 is 0.886 bits per heavy atom. The lowest BCUT2D eigenvalue weighted by molar-refractivity contribution is 0.0712. The van der Waals surface area contributed by atoms with E-state index in [1.54, 1.807) is 0 Å². The molecular formula is C23H30F2N6O3S. The van der Waals surface area contributed by atoms with Crippen molar-refractivity contribution in [3.8, 4) is 0 Å². The van der Waals surface area contributed by atoms with Crippen LogP contribution < -0.4 is 9.80 Å². The Labute approximate surface area is 204 Å². The maximum absolute atomic E-state index is 14.1. The topological polar surface area (TPSA) is 82.1 Å². The predicted octanol–water partition coefficient (Wildman–Crippen LogP) is 1.57. The lowest BCUT2D eigenvalue weighted by Crippen LogP contribution is -2.49. The van der Waals surface area contributed by atoms with Crippen molar-refractivity contribution in [2.75, 3.05) is 75.3 Å². The van der Waals surface area contributed by atoms with Gasteiger partial charge in [0.15, 0.2) is 11.6 Å². The summed E-state index contributed by atoms with van der Waals surface area (Å²) in [5.74, 6) is -0.385. The minimum absolute atomic E-state index is 0.176. The molecule has 3 aliphatic rings. The van der Waals surface area contributed by atoms with Gasteiger partial charge in [0.2, 0.25) is 10.0 Å². The summed E-state index contributed by atoms with van der Waals surface area (Å²) in [6, 6.07) is 6.37. The maximum atomic E-state index is 14.1. The molecule has 190 valence electrons. The van der Waals surface area contributed by atoms with Crippen LogP contribution in [-0.4, -0.2) is 99.4 Å². The molecule has 1 unspecified atom stereocenters. The van der Waals surface area contributed by atoms with Crippen LogP contribution in [0.1, 0.15) is 12.8 Å². The first-order valence-corrected chi connectivity index (χ1v) is 13.5. The minimum Gasteiger partial charge on any atom is -0.377 e. The third-order valence-corrected chi connectivity index (χ3v) is 8.82. The van der Waals surface area contributed by atoms with Gasteiger partial charge in [0, 0.05) is 71.6 Å². The molecule has 0 radical (unpaired) electrons. The average molecular weight is 509 g/mol. The van der Waals surface area contributed by atoms with E-state index in [2.05, 4.69) is 20.0 Å². The molecule has 1 aromatic carbocycles. The van der Waals surface area contributed by atoms with Gasteiger partial charge in [-0.3, -0.25) is 4.90 Å². The van der Waals surface area contributed by atoms with Crippen LogP contribution in [0.3, 0.4) is 0 Å². The molecule has 1 atom stereocenters. The van der Waals surface area contributed by atoms with Gasteiger partial charge in [-0.15, -0.1) is 10.2 Å². The number of piperazine rings is 2. The van der Waals surface area contributed by atoms with Crippen LogP contribution in [0.25, 0.3) is 0 Å². The van der Waals surface area contributed by atoms with Crippen LogP contribution in [0.15, 0.2) is 35.2 Å². The first-order chi connectivity index (χ1) is 16.9. The molecule has 3 saturated heterocycles. The Morgan fingerprint density at radius 2 is 1.51 bits per heavy atom. The van der Waals surface area contributed by atoms with Crippen LogP contribution in [-0.2, 0) is 14.8 Å². The molecule has 0 saturated carbocycles. The van der Waals surface area contributed by atoms with Crippen LogP contribution in [0.2, 0.25) is 0 Å². The Morgan fingerprint density at radius 3 is 2.06 bits per heavy atom. The number of rotatable bonds is 6. The first kappa shape index (κ1) is 24.3. The van der Waals surface area contributed by atoms with E-state index in [1.807, 2.05) is 17.0 Å². The van der Waals surface area contributed by atoms with Crippen LogP contribution in [0, 0.1) is 11.6 Å². The van der Waals surface area contributed by atoms with E-state index in [9.17, 15) is 17.2 Å². The number of benzene rings is 1. The smallest absolute Gasteiger partial charge is 0.246 e. The number of aromatic nitrogens is 2. The van der Waals surface area contributed by atoms with Gasteiger partial charge in [-0.25, -0.2) is 17.2 Å². The summed E-state index contributed by atoms with van der Waals surface area (Å²) >= 11 is 0. The van der Waals surface area contributed by atoms with Crippen molar-refractivity contribution < 1.29 is 21.9 Å². The largest absolute Gasteiger partial charge is 0.377 e. The van der Waals surface area contributed by atoms with Gasteiger partial charge in [-0.05, 0) is 37.1 Å². The van der Waals surface area contributed by atoms with Crippen LogP contribution in [0.5, 0.6) is 0 Å². The second-order valence-electron chi connectivity index (χ2n) is 9.14. The van der Waals surface area contributed by atoms with Gasteiger partial charge in [0.05, 0.1) is 6.10 Å². The molecule has 0 spiro atoms. The molecule has 0 N–H and O–H groups in total. The van der Waals surface area contributed by atoms with Crippen molar-refractivity contribution in [1.82, 2.24) is 19.4 Å². The fourth-order valence-electron chi connectivity index (χ4n) is 4.87. The van der Waals surface area contributed by atoms with Crippen molar-refractivity contribution in [1.29, 1.82) is 0 Å². The van der Waals surface area contributed by atoms with Crippen molar-refractivity contribution in [2.24, 2.45) is 0 Å². The molecule has 5 rings (SSSR count). The molecule has 0 amide bonds. The molecule has 12 heteroatoms. The zero-order valence-electron chi connectivity index (χ0n) is 19.5. The zero-order valence-corrected chi connectivity index (χ0v) is 20.3. The highest BCUT2D eigenvalue weighted by Crippen LogP contribution is 2.24. The lowest BCUT2D eigenvalue weighted by Gasteiger charge is -2.36. The van der Waals surface area contributed by atoms with Crippen molar-refractivity contribution in [3.63, 3.8) is 0 Å². The quantitative estimate of drug-likeness (QED) is 0.582. The Bertz CT molecular complexity index is 1110. The summed E-state index contributed by atoms with van der Waals surface area (Å²) in [5, 5.41) is 8.80. The highest BCUT2D eigenvalue weighted by Gasteiger charge is 2.31. The molecule has 0 bridgehead atoms. The van der Waals surface area contributed by atoms with E-state index < -0.39 is 26.6 Å². The van der Waals surface area contributed by atoms with Gasteiger partial charge >= 0.3 is 0 Å².